The number of carbonyl (C=O) groups is 3. The standard InChI is InChI=1S/C12H13N3O4S/c1-7(16)20-5-8-2-10(17)15(4-8)11-9(12(18)19)3-13-6-14-11/h3,6,8H,2,4-5H2,1H3,(H,18,19). The molecule has 7 nitrogen and oxygen atoms in total. The third-order valence-electron chi connectivity index (χ3n) is 2.90. The van der Waals surface area contributed by atoms with E-state index in [0.717, 1.165) is 0 Å². The van der Waals surface area contributed by atoms with Crippen molar-refractivity contribution in [3.05, 3.63) is 18.1 Å². The maximum Gasteiger partial charge on any atom is 0.341 e. The molecule has 0 bridgehead atoms. The van der Waals surface area contributed by atoms with Crippen molar-refractivity contribution in [1.82, 2.24) is 9.97 Å². The number of hydrogen-bond acceptors (Lipinski definition) is 6. The zero-order valence-corrected chi connectivity index (χ0v) is 11.6. The summed E-state index contributed by atoms with van der Waals surface area (Å²) in [6.45, 7) is 1.85. The van der Waals surface area contributed by atoms with Gasteiger partial charge in [0.15, 0.2) is 10.9 Å². The quantitative estimate of drug-likeness (QED) is 0.877. The molecule has 1 aliphatic rings. The van der Waals surface area contributed by atoms with Gasteiger partial charge in [-0.2, -0.15) is 0 Å². The van der Waals surface area contributed by atoms with Gasteiger partial charge in [0.1, 0.15) is 11.9 Å². The first-order chi connectivity index (χ1) is 9.49. The van der Waals surface area contributed by atoms with Crippen molar-refractivity contribution in [3.8, 4) is 0 Å². The summed E-state index contributed by atoms with van der Waals surface area (Å²) >= 11 is 1.17. The number of carboxylic acid groups (broad SMARTS) is 1. The van der Waals surface area contributed by atoms with Gasteiger partial charge in [-0.15, -0.1) is 0 Å². The highest BCUT2D eigenvalue weighted by Gasteiger charge is 2.33. The van der Waals surface area contributed by atoms with Gasteiger partial charge in [0.05, 0.1) is 0 Å². The molecule has 1 unspecified atom stereocenters. The van der Waals surface area contributed by atoms with Gasteiger partial charge in [0.2, 0.25) is 5.91 Å². The van der Waals surface area contributed by atoms with Crippen molar-refractivity contribution in [2.75, 3.05) is 17.2 Å². The van der Waals surface area contributed by atoms with Crippen molar-refractivity contribution in [3.63, 3.8) is 0 Å². The van der Waals surface area contributed by atoms with Gasteiger partial charge in [-0.1, -0.05) is 11.8 Å². The fraction of sp³-hybridized carbons (Fsp3) is 0.417. The van der Waals surface area contributed by atoms with Crippen LogP contribution in [0.4, 0.5) is 5.82 Å². The first-order valence-corrected chi connectivity index (χ1v) is 6.94. The van der Waals surface area contributed by atoms with Crippen molar-refractivity contribution < 1.29 is 19.5 Å². The van der Waals surface area contributed by atoms with E-state index < -0.39 is 5.97 Å². The number of nitrogens with zero attached hydrogens (tertiary/aromatic N) is 3. The van der Waals surface area contributed by atoms with Crippen LogP contribution in [-0.4, -0.2) is 44.4 Å². The molecule has 1 saturated heterocycles. The normalized spacial score (nSPS) is 18.4. The van der Waals surface area contributed by atoms with Crippen LogP contribution < -0.4 is 4.90 Å². The molecule has 1 aliphatic heterocycles. The molecule has 1 N–H and O–H groups in total. The van der Waals surface area contributed by atoms with Gasteiger partial charge in [0, 0.05) is 31.8 Å². The van der Waals surface area contributed by atoms with E-state index in [4.69, 9.17) is 5.11 Å². The third kappa shape index (κ3) is 3.13. The predicted octanol–water partition coefficient (Wildman–Crippen LogP) is 0.807. The Bertz CT molecular complexity index is 563. The molecular weight excluding hydrogens is 282 g/mol. The molecule has 106 valence electrons. The van der Waals surface area contributed by atoms with Crippen LogP contribution in [-0.2, 0) is 9.59 Å². The van der Waals surface area contributed by atoms with E-state index >= 15 is 0 Å². The Morgan fingerprint density at radius 1 is 1.55 bits per heavy atom. The Morgan fingerprint density at radius 3 is 2.95 bits per heavy atom. The van der Waals surface area contributed by atoms with Gasteiger partial charge in [-0.05, 0) is 5.92 Å². The molecule has 20 heavy (non-hydrogen) atoms. The summed E-state index contributed by atoms with van der Waals surface area (Å²) in [5.74, 6) is -0.665. The predicted molar refractivity (Wildman–Crippen MR) is 72.6 cm³/mol. The second kappa shape index (κ2) is 6.00. The summed E-state index contributed by atoms with van der Waals surface area (Å²) in [5.41, 5.74) is -0.0966. The molecule has 0 aromatic carbocycles. The van der Waals surface area contributed by atoms with Crippen LogP contribution in [0, 0.1) is 5.92 Å². The molecule has 8 heteroatoms. The monoisotopic (exact) mass is 295 g/mol. The average Bonchev–Trinajstić information content (AvgIpc) is 2.77. The lowest BCUT2D eigenvalue weighted by Gasteiger charge is -2.16. The Morgan fingerprint density at radius 2 is 2.30 bits per heavy atom. The minimum absolute atomic E-state index is 0.00385. The molecule has 1 aromatic rings. The molecule has 0 radical (unpaired) electrons. The number of rotatable bonds is 4. The lowest BCUT2D eigenvalue weighted by molar-refractivity contribution is -0.117. The van der Waals surface area contributed by atoms with Crippen LogP contribution in [0.15, 0.2) is 12.5 Å². The van der Waals surface area contributed by atoms with Crippen molar-refractivity contribution in [2.45, 2.75) is 13.3 Å². The largest absolute Gasteiger partial charge is 0.477 e. The number of aromatic nitrogens is 2. The van der Waals surface area contributed by atoms with E-state index in [2.05, 4.69) is 9.97 Å². The molecule has 1 amide bonds. The Kier molecular flexibility index (Phi) is 4.33. The average molecular weight is 295 g/mol. The highest BCUT2D eigenvalue weighted by molar-refractivity contribution is 8.13. The highest BCUT2D eigenvalue weighted by Crippen LogP contribution is 2.27. The van der Waals surface area contributed by atoms with Crippen LogP contribution in [0.3, 0.4) is 0 Å². The minimum Gasteiger partial charge on any atom is -0.477 e. The number of carbonyl (C=O) groups excluding carboxylic acids is 2. The zero-order valence-electron chi connectivity index (χ0n) is 10.8. The molecule has 1 aromatic heterocycles. The molecule has 2 rings (SSSR count). The highest BCUT2D eigenvalue weighted by atomic mass is 32.2. The first-order valence-electron chi connectivity index (χ1n) is 5.96. The van der Waals surface area contributed by atoms with E-state index in [1.165, 1.54) is 36.1 Å². The Hall–Kier alpha value is -1.96. The van der Waals surface area contributed by atoms with Gasteiger partial charge >= 0.3 is 5.97 Å². The molecule has 0 saturated carbocycles. The summed E-state index contributed by atoms with van der Waals surface area (Å²) in [6.07, 6.45) is 2.69. The van der Waals surface area contributed by atoms with E-state index in [1.54, 1.807) is 0 Å². The Balaban J connectivity index is 2.16. The fourth-order valence-electron chi connectivity index (χ4n) is 2.02. The number of hydrogen-bond donors (Lipinski definition) is 1. The maximum absolute atomic E-state index is 12.0. The molecule has 2 heterocycles. The summed E-state index contributed by atoms with van der Waals surface area (Å²) < 4.78 is 0. The van der Waals surface area contributed by atoms with Crippen molar-refractivity contribution >= 4 is 34.6 Å². The topological polar surface area (TPSA) is 100 Å². The number of anilines is 1. The summed E-state index contributed by atoms with van der Waals surface area (Å²) in [7, 11) is 0. The van der Waals surface area contributed by atoms with Gasteiger partial charge in [-0.3, -0.25) is 14.5 Å². The van der Waals surface area contributed by atoms with Crippen LogP contribution in [0.2, 0.25) is 0 Å². The summed E-state index contributed by atoms with van der Waals surface area (Å²) in [4.78, 5) is 43.0. The number of amides is 1. The van der Waals surface area contributed by atoms with E-state index in [1.807, 2.05) is 0 Å². The van der Waals surface area contributed by atoms with Crippen LogP contribution in [0.5, 0.6) is 0 Å². The summed E-state index contributed by atoms with van der Waals surface area (Å²) in [5, 5.41) is 9.09. The molecule has 1 atom stereocenters. The van der Waals surface area contributed by atoms with Crippen LogP contribution in [0.25, 0.3) is 0 Å². The van der Waals surface area contributed by atoms with E-state index in [-0.39, 0.29) is 28.3 Å². The number of aromatic carboxylic acids is 1. The third-order valence-corrected chi connectivity index (χ3v) is 3.95. The first kappa shape index (κ1) is 14.4. The lowest BCUT2D eigenvalue weighted by Crippen LogP contribution is -2.28. The second-order valence-corrected chi connectivity index (χ2v) is 5.64. The van der Waals surface area contributed by atoms with Gasteiger partial charge in [0.25, 0.3) is 0 Å². The van der Waals surface area contributed by atoms with Crippen molar-refractivity contribution in [2.24, 2.45) is 5.92 Å². The van der Waals surface area contributed by atoms with Crippen LogP contribution >= 0.6 is 11.8 Å². The minimum atomic E-state index is -1.17. The van der Waals surface area contributed by atoms with Crippen molar-refractivity contribution in [1.29, 1.82) is 0 Å². The summed E-state index contributed by atoms with van der Waals surface area (Å²) in [6, 6.07) is 0. The molecule has 0 spiro atoms. The van der Waals surface area contributed by atoms with E-state index in [9.17, 15) is 14.4 Å². The number of carboxylic acids is 1. The molecule has 0 aliphatic carbocycles. The van der Waals surface area contributed by atoms with Crippen LogP contribution in [0.1, 0.15) is 23.7 Å². The smallest absolute Gasteiger partial charge is 0.341 e. The fourth-order valence-corrected chi connectivity index (χ4v) is 2.72. The molecular formula is C12H13N3O4S. The van der Waals surface area contributed by atoms with Gasteiger partial charge in [-0.25, -0.2) is 14.8 Å². The number of thioether (sulfide) groups is 1. The SMILES string of the molecule is CC(=O)SCC1CC(=O)N(c2ncncc2C(=O)O)C1. The van der Waals surface area contributed by atoms with E-state index in [0.29, 0.717) is 18.7 Å². The van der Waals surface area contributed by atoms with Gasteiger partial charge < -0.3 is 5.11 Å². The second-order valence-electron chi connectivity index (χ2n) is 4.44. The zero-order chi connectivity index (χ0) is 14.7. The lowest BCUT2D eigenvalue weighted by atomic mass is 10.1. The maximum atomic E-state index is 12.0. The Labute approximate surface area is 119 Å². The molecule has 1 fully saturated rings.